The van der Waals surface area contributed by atoms with E-state index in [0.29, 0.717) is 18.0 Å². The normalized spacial score (nSPS) is 10.5. The second-order valence-electron chi connectivity index (χ2n) is 7.99. The molecule has 3 aromatic rings. The molecule has 0 heterocycles. The maximum atomic E-state index is 12.4. The molecule has 5 nitrogen and oxygen atoms in total. The average Bonchev–Trinajstić information content (AvgIpc) is 2.85. The number of hydrogen-bond acceptors (Lipinski definition) is 4. The topological polar surface area (TPSA) is 59.6 Å². The minimum absolute atomic E-state index is 0.127. The van der Waals surface area contributed by atoms with E-state index >= 15 is 0 Å². The molecule has 3 aromatic carbocycles. The van der Waals surface area contributed by atoms with Gasteiger partial charge in [-0.2, -0.15) is 0 Å². The first kappa shape index (κ1) is 24.2. The van der Waals surface area contributed by atoms with E-state index in [0.717, 1.165) is 30.0 Å². The smallest absolute Gasteiger partial charge is 0.243 e. The molecule has 0 aliphatic carbocycles. The monoisotopic (exact) mass is 446 g/mol. The number of hydrogen-bond donors (Lipinski definition) is 2. The summed E-state index contributed by atoms with van der Waals surface area (Å²) in [5, 5.41) is 6.07. The molecule has 3 rings (SSSR count). The zero-order valence-corrected chi connectivity index (χ0v) is 19.4. The third-order valence-electron chi connectivity index (χ3n) is 5.17. The van der Waals surface area contributed by atoms with Crippen LogP contribution < -0.4 is 20.1 Å². The fourth-order valence-electron chi connectivity index (χ4n) is 3.38. The Balaban J connectivity index is 1.41. The van der Waals surface area contributed by atoms with Crippen molar-refractivity contribution in [3.63, 3.8) is 0 Å². The second-order valence-corrected chi connectivity index (χ2v) is 7.99. The minimum Gasteiger partial charge on any atom is -0.494 e. The van der Waals surface area contributed by atoms with Crippen LogP contribution in [0, 0.1) is 0 Å². The maximum absolute atomic E-state index is 12.4. The van der Waals surface area contributed by atoms with Crippen LogP contribution in [-0.2, 0) is 11.4 Å². The van der Waals surface area contributed by atoms with Crippen LogP contribution in [0.1, 0.15) is 44.6 Å². The van der Waals surface area contributed by atoms with E-state index in [1.54, 1.807) is 0 Å². The van der Waals surface area contributed by atoms with Gasteiger partial charge in [-0.15, -0.1) is 0 Å². The first-order valence-electron chi connectivity index (χ1n) is 11.8. The maximum Gasteiger partial charge on any atom is 0.243 e. The Kier molecular flexibility index (Phi) is 10.1. The average molecular weight is 447 g/mol. The lowest BCUT2D eigenvalue weighted by molar-refractivity contribution is -0.114. The quantitative estimate of drug-likeness (QED) is 0.272. The van der Waals surface area contributed by atoms with E-state index < -0.39 is 0 Å². The van der Waals surface area contributed by atoms with Crippen LogP contribution in [0.15, 0.2) is 78.9 Å². The van der Waals surface area contributed by atoms with Crippen LogP contribution in [0.25, 0.3) is 0 Å². The van der Waals surface area contributed by atoms with Crippen molar-refractivity contribution in [2.75, 3.05) is 23.8 Å². The predicted molar refractivity (Wildman–Crippen MR) is 135 cm³/mol. The lowest BCUT2D eigenvalue weighted by atomic mass is 10.2. The van der Waals surface area contributed by atoms with Crippen molar-refractivity contribution in [3.05, 3.63) is 84.4 Å². The third kappa shape index (κ3) is 9.27. The van der Waals surface area contributed by atoms with Crippen LogP contribution in [-0.4, -0.2) is 19.1 Å². The molecule has 0 aromatic heterocycles. The standard InChI is InChI=1S/C28H34N2O3/c1-2-3-4-5-9-18-32-26-16-10-14-24(19-26)29-21-28(31)30-25-15-11-17-27(20-25)33-22-23-12-7-6-8-13-23/h6-8,10-17,19-20,29H,2-5,9,18,21-22H2,1H3,(H,30,31). The van der Waals surface area contributed by atoms with E-state index in [1.807, 2.05) is 78.9 Å². The number of ether oxygens (including phenoxy) is 2. The van der Waals surface area contributed by atoms with E-state index in [4.69, 9.17) is 9.47 Å². The summed E-state index contributed by atoms with van der Waals surface area (Å²) in [6.07, 6.45) is 6.05. The van der Waals surface area contributed by atoms with E-state index in [1.165, 1.54) is 25.7 Å². The Bertz CT molecular complexity index is 976. The van der Waals surface area contributed by atoms with Crippen molar-refractivity contribution >= 4 is 17.3 Å². The molecule has 0 atom stereocenters. The summed E-state index contributed by atoms with van der Waals surface area (Å²) < 4.78 is 11.7. The number of benzene rings is 3. The summed E-state index contributed by atoms with van der Waals surface area (Å²) in [7, 11) is 0. The van der Waals surface area contributed by atoms with Gasteiger partial charge in [0.15, 0.2) is 0 Å². The van der Waals surface area contributed by atoms with Gasteiger partial charge in [-0.05, 0) is 36.2 Å². The van der Waals surface area contributed by atoms with E-state index in [9.17, 15) is 4.79 Å². The molecule has 0 unspecified atom stereocenters. The number of amides is 1. The molecule has 0 aliphatic rings. The van der Waals surface area contributed by atoms with Gasteiger partial charge < -0.3 is 20.1 Å². The van der Waals surface area contributed by atoms with Crippen molar-refractivity contribution in [2.45, 2.75) is 45.6 Å². The molecular formula is C28H34N2O3. The van der Waals surface area contributed by atoms with Crippen molar-refractivity contribution in [1.82, 2.24) is 0 Å². The number of rotatable bonds is 14. The Morgan fingerprint density at radius 1 is 0.758 bits per heavy atom. The lowest BCUT2D eigenvalue weighted by Gasteiger charge is -2.11. The van der Waals surface area contributed by atoms with Gasteiger partial charge in [-0.25, -0.2) is 0 Å². The van der Waals surface area contributed by atoms with Crippen LogP contribution in [0.4, 0.5) is 11.4 Å². The molecule has 0 bridgehead atoms. The van der Waals surface area contributed by atoms with Gasteiger partial charge in [0.2, 0.25) is 5.91 Å². The van der Waals surface area contributed by atoms with Gasteiger partial charge in [0.1, 0.15) is 18.1 Å². The molecule has 1 amide bonds. The fraction of sp³-hybridized carbons (Fsp3) is 0.321. The largest absolute Gasteiger partial charge is 0.494 e. The second kappa shape index (κ2) is 13.8. The highest BCUT2D eigenvalue weighted by atomic mass is 16.5. The zero-order chi connectivity index (χ0) is 23.1. The van der Waals surface area contributed by atoms with Gasteiger partial charge in [0.05, 0.1) is 13.2 Å². The Labute approximate surface area is 197 Å². The van der Waals surface area contributed by atoms with Crippen molar-refractivity contribution < 1.29 is 14.3 Å². The summed E-state index contributed by atoms with van der Waals surface area (Å²) in [6, 6.07) is 25.1. The Morgan fingerprint density at radius 3 is 2.24 bits per heavy atom. The molecule has 0 radical (unpaired) electrons. The van der Waals surface area contributed by atoms with Crippen LogP contribution in [0.2, 0.25) is 0 Å². The first-order valence-corrected chi connectivity index (χ1v) is 11.8. The van der Waals surface area contributed by atoms with Crippen LogP contribution in [0.5, 0.6) is 11.5 Å². The molecule has 0 saturated carbocycles. The van der Waals surface area contributed by atoms with E-state index in [2.05, 4.69) is 17.6 Å². The molecule has 5 heteroatoms. The number of carbonyl (C=O) groups excluding carboxylic acids is 1. The van der Waals surface area contributed by atoms with Crippen LogP contribution >= 0.6 is 0 Å². The predicted octanol–water partition coefficient (Wildman–Crippen LogP) is 6.67. The molecule has 174 valence electrons. The van der Waals surface area contributed by atoms with Gasteiger partial charge >= 0.3 is 0 Å². The summed E-state index contributed by atoms with van der Waals surface area (Å²) >= 11 is 0. The molecule has 0 saturated heterocycles. The van der Waals surface area contributed by atoms with Crippen molar-refractivity contribution in [3.8, 4) is 11.5 Å². The number of unbranched alkanes of at least 4 members (excludes halogenated alkanes) is 4. The fourth-order valence-corrected chi connectivity index (χ4v) is 3.38. The molecule has 2 N–H and O–H groups in total. The zero-order valence-electron chi connectivity index (χ0n) is 19.4. The molecule has 0 aliphatic heterocycles. The summed E-state index contributed by atoms with van der Waals surface area (Å²) in [5.41, 5.74) is 2.65. The minimum atomic E-state index is -0.127. The van der Waals surface area contributed by atoms with Gasteiger partial charge in [0.25, 0.3) is 0 Å². The molecule has 33 heavy (non-hydrogen) atoms. The van der Waals surface area contributed by atoms with Crippen LogP contribution in [0.3, 0.4) is 0 Å². The third-order valence-corrected chi connectivity index (χ3v) is 5.17. The number of carbonyl (C=O) groups is 1. The SMILES string of the molecule is CCCCCCCOc1cccc(NCC(=O)Nc2cccc(OCc3ccccc3)c2)c1. The highest BCUT2D eigenvalue weighted by molar-refractivity contribution is 5.93. The molecule has 0 fully saturated rings. The molecule has 0 spiro atoms. The van der Waals surface area contributed by atoms with Crippen molar-refractivity contribution in [1.29, 1.82) is 0 Å². The molecular weight excluding hydrogens is 412 g/mol. The lowest BCUT2D eigenvalue weighted by Crippen LogP contribution is -2.21. The van der Waals surface area contributed by atoms with Gasteiger partial charge in [-0.1, -0.05) is 75.1 Å². The Morgan fingerprint density at radius 2 is 1.45 bits per heavy atom. The number of anilines is 2. The van der Waals surface area contributed by atoms with E-state index in [-0.39, 0.29) is 12.5 Å². The van der Waals surface area contributed by atoms with Gasteiger partial charge in [-0.3, -0.25) is 4.79 Å². The Hall–Kier alpha value is -3.47. The van der Waals surface area contributed by atoms with Gasteiger partial charge in [0, 0.05) is 23.5 Å². The summed E-state index contributed by atoms with van der Waals surface area (Å²) in [5.74, 6) is 1.40. The highest BCUT2D eigenvalue weighted by Crippen LogP contribution is 2.20. The summed E-state index contributed by atoms with van der Waals surface area (Å²) in [6.45, 7) is 3.58. The first-order chi connectivity index (χ1) is 16.2. The highest BCUT2D eigenvalue weighted by Gasteiger charge is 2.05. The number of nitrogens with one attached hydrogen (secondary N) is 2. The van der Waals surface area contributed by atoms with Crippen molar-refractivity contribution in [2.24, 2.45) is 0 Å². The summed E-state index contributed by atoms with van der Waals surface area (Å²) in [4.78, 5) is 12.4.